The van der Waals surface area contributed by atoms with Gasteiger partial charge < -0.3 is 5.11 Å². The lowest BCUT2D eigenvalue weighted by molar-refractivity contribution is 0.0697. The predicted octanol–water partition coefficient (Wildman–Crippen LogP) is 1.16. The average molecular weight is 166 g/mol. The van der Waals surface area contributed by atoms with Crippen molar-refractivity contribution in [3.63, 3.8) is 0 Å². The highest BCUT2D eigenvalue weighted by Crippen LogP contribution is 1.99. The van der Waals surface area contributed by atoms with Crippen LogP contribution in [0.25, 0.3) is 0 Å². The molecule has 0 aliphatic heterocycles. The molecule has 4 nitrogen and oxygen atoms in total. The fourth-order valence-electron chi connectivity index (χ4n) is 0.837. The van der Waals surface area contributed by atoms with Gasteiger partial charge in [-0.15, -0.1) is 0 Å². The zero-order chi connectivity index (χ0) is 9.14. The molecule has 1 N–H and O–H groups in total. The summed E-state index contributed by atoms with van der Waals surface area (Å²) >= 11 is 0. The molecule has 0 aliphatic carbocycles. The van der Waals surface area contributed by atoms with E-state index in [1.165, 1.54) is 12.4 Å². The minimum absolute atomic E-state index is 0.205. The summed E-state index contributed by atoms with van der Waals surface area (Å²) in [5.41, 5.74) is 1.14. The molecule has 0 saturated carbocycles. The van der Waals surface area contributed by atoms with E-state index in [2.05, 4.69) is 11.7 Å². The Morgan fingerprint density at radius 2 is 2.50 bits per heavy atom. The van der Waals surface area contributed by atoms with E-state index in [1.54, 1.807) is 4.68 Å². The second kappa shape index (κ2) is 3.21. The van der Waals surface area contributed by atoms with Crippen molar-refractivity contribution in [1.29, 1.82) is 0 Å². The molecule has 0 radical (unpaired) electrons. The van der Waals surface area contributed by atoms with Crippen molar-refractivity contribution < 1.29 is 9.90 Å². The number of aromatic nitrogens is 2. The van der Waals surface area contributed by atoms with Gasteiger partial charge in [0.2, 0.25) is 0 Å². The highest BCUT2D eigenvalue weighted by atomic mass is 16.4. The summed E-state index contributed by atoms with van der Waals surface area (Å²) in [7, 11) is 0. The van der Waals surface area contributed by atoms with Gasteiger partial charge in [0.05, 0.1) is 18.3 Å². The molecule has 1 aromatic heterocycles. The highest BCUT2D eigenvalue weighted by Gasteiger charge is 2.04. The molecule has 0 bridgehead atoms. The monoisotopic (exact) mass is 166 g/mol. The van der Waals surface area contributed by atoms with E-state index in [-0.39, 0.29) is 5.56 Å². The minimum Gasteiger partial charge on any atom is -0.478 e. The maximum Gasteiger partial charge on any atom is 0.338 e. The number of carboxylic acids is 1. The third kappa shape index (κ3) is 1.95. The molecule has 0 unspecified atom stereocenters. The lowest BCUT2D eigenvalue weighted by atomic mass is 10.3. The van der Waals surface area contributed by atoms with Crippen LogP contribution in [0.1, 0.15) is 17.3 Å². The summed E-state index contributed by atoms with van der Waals surface area (Å²) in [6.07, 6.45) is 2.81. The first-order valence-corrected chi connectivity index (χ1v) is 3.49. The number of hydrogen-bond acceptors (Lipinski definition) is 2. The lowest BCUT2D eigenvalue weighted by Crippen LogP contribution is -1.99. The van der Waals surface area contributed by atoms with Crippen LogP contribution in [-0.2, 0) is 6.54 Å². The predicted molar refractivity (Wildman–Crippen MR) is 44.0 cm³/mol. The number of rotatable bonds is 3. The summed E-state index contributed by atoms with van der Waals surface area (Å²) in [5.74, 6) is -0.956. The zero-order valence-electron chi connectivity index (χ0n) is 6.82. The van der Waals surface area contributed by atoms with Gasteiger partial charge >= 0.3 is 5.97 Å². The largest absolute Gasteiger partial charge is 0.478 e. The summed E-state index contributed by atoms with van der Waals surface area (Å²) in [4.78, 5) is 10.4. The first kappa shape index (κ1) is 8.52. The van der Waals surface area contributed by atoms with Gasteiger partial charge in [-0.05, 0) is 6.92 Å². The molecule has 0 amide bonds. The molecule has 0 aliphatic rings. The van der Waals surface area contributed by atoms with Crippen molar-refractivity contribution in [2.75, 3.05) is 0 Å². The summed E-state index contributed by atoms with van der Waals surface area (Å²) in [6, 6.07) is 0. The Balaban J connectivity index is 2.77. The van der Waals surface area contributed by atoms with Gasteiger partial charge in [0.15, 0.2) is 0 Å². The second-order valence-electron chi connectivity index (χ2n) is 2.69. The molecular formula is C8H10N2O2. The number of carboxylic acid groups (broad SMARTS) is 1. The van der Waals surface area contributed by atoms with Gasteiger partial charge in [-0.25, -0.2) is 4.79 Å². The van der Waals surface area contributed by atoms with Crippen molar-refractivity contribution in [2.45, 2.75) is 13.5 Å². The lowest BCUT2D eigenvalue weighted by Gasteiger charge is -1.97. The average Bonchev–Trinajstić information content (AvgIpc) is 2.34. The van der Waals surface area contributed by atoms with Gasteiger partial charge in [0.25, 0.3) is 0 Å². The normalized spacial score (nSPS) is 9.75. The number of nitrogens with zero attached hydrogens (tertiary/aromatic N) is 2. The standard InChI is InChI=1S/C8H10N2O2/c1-6(2)4-10-5-7(3-9-10)8(11)12/h3,5H,1,4H2,2H3,(H,11,12). The van der Waals surface area contributed by atoms with Crippen LogP contribution in [0.5, 0.6) is 0 Å². The number of hydrogen-bond donors (Lipinski definition) is 1. The number of carbonyl (C=O) groups is 1. The van der Waals surface area contributed by atoms with E-state index in [0.717, 1.165) is 5.57 Å². The SMILES string of the molecule is C=C(C)Cn1cc(C(=O)O)cn1. The Labute approximate surface area is 70.1 Å². The number of allylic oxidation sites excluding steroid dienone is 1. The summed E-state index contributed by atoms with van der Waals surface area (Å²) < 4.78 is 1.55. The van der Waals surface area contributed by atoms with Crippen LogP contribution in [0, 0.1) is 0 Å². The van der Waals surface area contributed by atoms with Gasteiger partial charge in [-0.1, -0.05) is 12.2 Å². The molecule has 0 saturated heterocycles. The van der Waals surface area contributed by atoms with E-state index in [4.69, 9.17) is 5.11 Å². The van der Waals surface area contributed by atoms with Gasteiger partial charge in [0, 0.05) is 6.20 Å². The van der Waals surface area contributed by atoms with Crippen LogP contribution < -0.4 is 0 Å². The van der Waals surface area contributed by atoms with E-state index in [9.17, 15) is 4.79 Å². The van der Waals surface area contributed by atoms with Crippen molar-refractivity contribution in [3.05, 3.63) is 30.1 Å². The van der Waals surface area contributed by atoms with Crippen molar-refractivity contribution >= 4 is 5.97 Å². The zero-order valence-corrected chi connectivity index (χ0v) is 6.82. The maximum atomic E-state index is 10.4. The van der Waals surface area contributed by atoms with Gasteiger partial charge in [-0.3, -0.25) is 4.68 Å². The third-order valence-electron chi connectivity index (χ3n) is 1.31. The smallest absolute Gasteiger partial charge is 0.338 e. The number of aromatic carboxylic acids is 1. The molecule has 64 valence electrons. The summed E-state index contributed by atoms with van der Waals surface area (Å²) in [5, 5.41) is 12.4. The van der Waals surface area contributed by atoms with E-state index in [1.807, 2.05) is 6.92 Å². The van der Waals surface area contributed by atoms with E-state index >= 15 is 0 Å². The summed E-state index contributed by atoms with van der Waals surface area (Å²) in [6.45, 7) is 6.12. The molecular weight excluding hydrogens is 156 g/mol. The van der Waals surface area contributed by atoms with Crippen LogP contribution in [0.3, 0.4) is 0 Å². The Bertz CT molecular complexity index is 315. The van der Waals surface area contributed by atoms with Crippen LogP contribution in [0.2, 0.25) is 0 Å². The Hall–Kier alpha value is -1.58. The second-order valence-corrected chi connectivity index (χ2v) is 2.69. The van der Waals surface area contributed by atoms with E-state index in [0.29, 0.717) is 6.54 Å². The van der Waals surface area contributed by atoms with Crippen LogP contribution in [0.15, 0.2) is 24.5 Å². The molecule has 1 heterocycles. The molecule has 4 heteroatoms. The first-order valence-electron chi connectivity index (χ1n) is 3.49. The third-order valence-corrected chi connectivity index (χ3v) is 1.31. The fraction of sp³-hybridized carbons (Fsp3) is 0.250. The topological polar surface area (TPSA) is 55.1 Å². The molecule has 0 aromatic carbocycles. The van der Waals surface area contributed by atoms with E-state index < -0.39 is 5.97 Å². The molecule has 0 atom stereocenters. The van der Waals surface area contributed by atoms with Crippen molar-refractivity contribution in [3.8, 4) is 0 Å². The Morgan fingerprint density at radius 3 is 2.92 bits per heavy atom. The molecule has 0 spiro atoms. The van der Waals surface area contributed by atoms with Crippen LogP contribution in [-0.4, -0.2) is 20.9 Å². The molecule has 0 fully saturated rings. The van der Waals surface area contributed by atoms with Crippen molar-refractivity contribution in [1.82, 2.24) is 9.78 Å². The minimum atomic E-state index is -0.956. The van der Waals surface area contributed by atoms with Crippen LogP contribution >= 0.6 is 0 Å². The van der Waals surface area contributed by atoms with Crippen molar-refractivity contribution in [2.24, 2.45) is 0 Å². The quantitative estimate of drug-likeness (QED) is 0.685. The highest BCUT2D eigenvalue weighted by molar-refractivity contribution is 5.86. The molecule has 1 aromatic rings. The first-order chi connectivity index (χ1) is 5.59. The Morgan fingerprint density at radius 1 is 1.83 bits per heavy atom. The van der Waals surface area contributed by atoms with Crippen LogP contribution in [0.4, 0.5) is 0 Å². The fourth-order valence-corrected chi connectivity index (χ4v) is 0.837. The Kier molecular flexibility index (Phi) is 2.28. The van der Waals surface area contributed by atoms with Gasteiger partial charge in [0.1, 0.15) is 0 Å². The maximum absolute atomic E-state index is 10.4. The molecule has 12 heavy (non-hydrogen) atoms. The molecule has 1 rings (SSSR count). The van der Waals surface area contributed by atoms with Gasteiger partial charge in [-0.2, -0.15) is 5.10 Å².